The fourth-order valence-electron chi connectivity index (χ4n) is 1.65. The van der Waals surface area contributed by atoms with Gasteiger partial charge in [-0.05, 0) is 12.1 Å². The highest BCUT2D eigenvalue weighted by molar-refractivity contribution is 5.92. The number of hydrogen-bond acceptors (Lipinski definition) is 5. The van der Waals surface area contributed by atoms with E-state index in [-0.39, 0.29) is 23.0 Å². The molecule has 2 aromatic heterocycles. The summed E-state index contributed by atoms with van der Waals surface area (Å²) < 4.78 is 1.45. The van der Waals surface area contributed by atoms with Crippen LogP contribution in [0.15, 0.2) is 24.7 Å². The first-order chi connectivity index (χ1) is 9.58. The second kappa shape index (κ2) is 5.21. The van der Waals surface area contributed by atoms with Crippen molar-refractivity contribution in [3.63, 3.8) is 0 Å². The molecule has 7 nitrogen and oxygen atoms in total. The number of nitrogens with zero attached hydrogens (tertiary/aromatic N) is 6. The predicted octanol–water partition coefficient (Wildman–Crippen LogP) is 0.712. The maximum absolute atomic E-state index is 11.9. The molecular formula is C13H10N6O. The lowest BCUT2D eigenvalue weighted by atomic mass is 10.2. The summed E-state index contributed by atoms with van der Waals surface area (Å²) in [5.41, 5.74) is 0.978. The van der Waals surface area contributed by atoms with Gasteiger partial charge in [-0.1, -0.05) is 0 Å². The summed E-state index contributed by atoms with van der Waals surface area (Å²) in [6, 6.07) is 6.96. The third-order valence-corrected chi connectivity index (χ3v) is 2.63. The largest absolute Gasteiger partial charge is 0.343 e. The smallest absolute Gasteiger partial charge is 0.272 e. The molecule has 0 unspecified atom stereocenters. The Hall–Kier alpha value is -3.19. The highest BCUT2D eigenvalue weighted by atomic mass is 16.2. The third-order valence-electron chi connectivity index (χ3n) is 2.63. The van der Waals surface area contributed by atoms with Crippen LogP contribution in [0.25, 0.3) is 5.69 Å². The summed E-state index contributed by atoms with van der Waals surface area (Å²) in [4.78, 5) is 21.1. The monoisotopic (exact) mass is 266 g/mol. The van der Waals surface area contributed by atoms with Gasteiger partial charge in [0.25, 0.3) is 5.91 Å². The highest BCUT2D eigenvalue weighted by Gasteiger charge is 2.14. The number of aromatic nitrogens is 3. The molecule has 0 bridgehead atoms. The van der Waals surface area contributed by atoms with Crippen LogP contribution >= 0.6 is 0 Å². The van der Waals surface area contributed by atoms with Crippen molar-refractivity contribution in [2.75, 3.05) is 14.1 Å². The van der Waals surface area contributed by atoms with Gasteiger partial charge >= 0.3 is 0 Å². The van der Waals surface area contributed by atoms with E-state index in [2.05, 4.69) is 9.97 Å². The Balaban J connectivity index is 2.53. The molecule has 0 fully saturated rings. The minimum Gasteiger partial charge on any atom is -0.343 e. The van der Waals surface area contributed by atoms with Gasteiger partial charge in [0.1, 0.15) is 24.2 Å². The Morgan fingerprint density at radius 2 is 2.05 bits per heavy atom. The van der Waals surface area contributed by atoms with E-state index in [1.807, 2.05) is 12.1 Å². The molecule has 7 heteroatoms. The number of nitriles is 2. The Labute approximate surface area is 115 Å². The minimum absolute atomic E-state index is 0.0461. The topological polar surface area (TPSA) is 98.6 Å². The number of carbonyl (C=O) groups is 1. The number of rotatable bonds is 2. The molecule has 0 saturated heterocycles. The summed E-state index contributed by atoms with van der Waals surface area (Å²) in [7, 11) is 3.25. The second-order valence-corrected chi connectivity index (χ2v) is 4.13. The zero-order valence-electron chi connectivity index (χ0n) is 10.9. The molecule has 0 aliphatic heterocycles. The van der Waals surface area contributed by atoms with E-state index in [0.29, 0.717) is 5.69 Å². The second-order valence-electron chi connectivity index (χ2n) is 4.13. The van der Waals surface area contributed by atoms with Crippen molar-refractivity contribution in [1.29, 1.82) is 10.5 Å². The molecule has 0 aliphatic rings. The van der Waals surface area contributed by atoms with E-state index >= 15 is 0 Å². The first-order valence-electron chi connectivity index (χ1n) is 5.64. The molecule has 20 heavy (non-hydrogen) atoms. The first kappa shape index (κ1) is 13.2. The van der Waals surface area contributed by atoms with E-state index in [4.69, 9.17) is 10.5 Å². The quantitative estimate of drug-likeness (QED) is 0.797. The summed E-state index contributed by atoms with van der Waals surface area (Å²) in [5.74, 6) is -0.244. The standard InChI is InChI=1S/C13H10N6O/c1-18(2)13(20)10-5-9(3-4-16-10)19-8-17-11(6-14)12(19)7-15/h3-5,8H,1-2H3. The first-order valence-corrected chi connectivity index (χ1v) is 5.64. The van der Waals surface area contributed by atoms with Crippen molar-refractivity contribution in [3.8, 4) is 17.8 Å². The lowest BCUT2D eigenvalue weighted by Gasteiger charge is -2.10. The van der Waals surface area contributed by atoms with Gasteiger partial charge in [-0.15, -0.1) is 0 Å². The molecule has 2 aromatic rings. The van der Waals surface area contributed by atoms with Gasteiger partial charge in [0.15, 0.2) is 11.4 Å². The van der Waals surface area contributed by atoms with Crippen LogP contribution in [0.3, 0.4) is 0 Å². The summed E-state index contributed by atoms with van der Waals surface area (Å²) >= 11 is 0. The van der Waals surface area contributed by atoms with E-state index in [1.54, 1.807) is 26.2 Å². The molecule has 2 heterocycles. The van der Waals surface area contributed by atoms with Gasteiger partial charge in [0, 0.05) is 20.3 Å². The van der Waals surface area contributed by atoms with E-state index in [9.17, 15) is 4.79 Å². The van der Waals surface area contributed by atoms with Crippen molar-refractivity contribution in [1.82, 2.24) is 19.4 Å². The average molecular weight is 266 g/mol. The molecule has 1 amide bonds. The highest BCUT2D eigenvalue weighted by Crippen LogP contribution is 2.14. The Kier molecular flexibility index (Phi) is 3.45. The molecule has 2 rings (SSSR count). The Morgan fingerprint density at radius 3 is 2.65 bits per heavy atom. The fraction of sp³-hybridized carbons (Fsp3) is 0.154. The molecule has 0 saturated carbocycles. The van der Waals surface area contributed by atoms with Crippen molar-refractivity contribution in [2.45, 2.75) is 0 Å². The molecule has 0 aromatic carbocycles. The molecule has 0 aliphatic carbocycles. The third kappa shape index (κ3) is 2.20. The van der Waals surface area contributed by atoms with Crippen LogP contribution in [0.2, 0.25) is 0 Å². The lowest BCUT2D eigenvalue weighted by Crippen LogP contribution is -2.22. The van der Waals surface area contributed by atoms with Crippen molar-refractivity contribution >= 4 is 5.91 Å². The normalized spacial score (nSPS) is 9.60. The Morgan fingerprint density at radius 1 is 1.30 bits per heavy atom. The van der Waals surface area contributed by atoms with Gasteiger partial charge in [-0.2, -0.15) is 10.5 Å². The fourth-order valence-corrected chi connectivity index (χ4v) is 1.65. The minimum atomic E-state index is -0.244. The van der Waals surface area contributed by atoms with Crippen LogP contribution in [0.4, 0.5) is 0 Å². The molecule has 0 atom stereocenters. The summed E-state index contributed by atoms with van der Waals surface area (Å²) in [6.07, 6.45) is 2.84. The van der Waals surface area contributed by atoms with Crippen LogP contribution < -0.4 is 0 Å². The maximum Gasteiger partial charge on any atom is 0.272 e. The van der Waals surface area contributed by atoms with E-state index < -0.39 is 0 Å². The van der Waals surface area contributed by atoms with Crippen LogP contribution in [0.1, 0.15) is 21.9 Å². The van der Waals surface area contributed by atoms with Gasteiger partial charge in [0.2, 0.25) is 0 Å². The zero-order chi connectivity index (χ0) is 14.7. The van der Waals surface area contributed by atoms with Crippen molar-refractivity contribution in [3.05, 3.63) is 41.7 Å². The van der Waals surface area contributed by atoms with E-state index in [1.165, 1.54) is 22.0 Å². The number of carbonyl (C=O) groups excluding carboxylic acids is 1. The van der Waals surface area contributed by atoms with Crippen molar-refractivity contribution in [2.24, 2.45) is 0 Å². The molecule has 98 valence electrons. The maximum atomic E-state index is 11.9. The number of hydrogen-bond donors (Lipinski definition) is 0. The van der Waals surface area contributed by atoms with Crippen LogP contribution in [-0.2, 0) is 0 Å². The van der Waals surface area contributed by atoms with Crippen molar-refractivity contribution < 1.29 is 4.79 Å². The molecule has 0 radical (unpaired) electrons. The van der Waals surface area contributed by atoms with Crippen LogP contribution in [0.5, 0.6) is 0 Å². The average Bonchev–Trinajstić information content (AvgIpc) is 2.89. The van der Waals surface area contributed by atoms with Crippen LogP contribution in [-0.4, -0.2) is 39.4 Å². The molecular weight excluding hydrogens is 256 g/mol. The summed E-state index contributed by atoms with van der Waals surface area (Å²) in [5, 5.41) is 18.0. The zero-order valence-corrected chi connectivity index (χ0v) is 10.9. The van der Waals surface area contributed by atoms with Gasteiger partial charge < -0.3 is 4.90 Å². The van der Waals surface area contributed by atoms with E-state index in [0.717, 1.165) is 0 Å². The Bertz CT molecular complexity index is 747. The molecule has 0 N–H and O–H groups in total. The van der Waals surface area contributed by atoms with Gasteiger partial charge in [-0.25, -0.2) is 4.98 Å². The lowest BCUT2D eigenvalue weighted by molar-refractivity contribution is 0.0822. The SMILES string of the molecule is CN(C)C(=O)c1cc(-n2cnc(C#N)c2C#N)ccn1. The van der Waals surface area contributed by atoms with Gasteiger partial charge in [-0.3, -0.25) is 14.3 Å². The van der Waals surface area contributed by atoms with Gasteiger partial charge in [0.05, 0.1) is 5.69 Å². The number of pyridine rings is 1. The molecule has 0 spiro atoms. The summed E-state index contributed by atoms with van der Waals surface area (Å²) in [6.45, 7) is 0. The number of amides is 1. The number of imidazole rings is 1. The predicted molar refractivity (Wildman–Crippen MR) is 68.8 cm³/mol. The van der Waals surface area contributed by atoms with Crippen LogP contribution in [0, 0.1) is 22.7 Å².